The summed E-state index contributed by atoms with van der Waals surface area (Å²) in [6.45, 7) is 5.21. The van der Waals surface area contributed by atoms with Crippen molar-refractivity contribution in [2.24, 2.45) is 0 Å². The Kier molecular flexibility index (Phi) is 6.89. The molecule has 1 atom stereocenters. The van der Waals surface area contributed by atoms with Gasteiger partial charge in [-0.3, -0.25) is 4.79 Å². The van der Waals surface area contributed by atoms with Gasteiger partial charge in [0.15, 0.2) is 6.10 Å². The van der Waals surface area contributed by atoms with E-state index in [1.165, 1.54) is 22.0 Å². The fraction of sp³-hybridized carbons (Fsp3) is 0.381. The standard InChI is InChI=1S/C21H26N2O5S/c1-3-17-4-8-19(9-5-17)28-16(2)21(24)22-18-6-10-20(11-7-18)29(25,26)23-12-14-27-15-13-23/h4-11,16H,3,12-15H2,1-2H3,(H,22,24). The molecule has 1 fully saturated rings. The molecule has 2 aromatic rings. The molecule has 3 rings (SSSR count). The second kappa shape index (κ2) is 9.39. The Bertz CT molecular complexity index is 921. The van der Waals surface area contributed by atoms with Crippen molar-refractivity contribution in [3.05, 3.63) is 54.1 Å². The third-order valence-electron chi connectivity index (χ3n) is 4.74. The number of anilines is 1. The highest BCUT2D eigenvalue weighted by Crippen LogP contribution is 2.20. The Morgan fingerprint density at radius 1 is 1.10 bits per heavy atom. The van der Waals surface area contributed by atoms with E-state index in [0.717, 1.165) is 6.42 Å². The number of rotatable bonds is 7. The summed E-state index contributed by atoms with van der Waals surface area (Å²) in [4.78, 5) is 12.6. The summed E-state index contributed by atoms with van der Waals surface area (Å²) < 4.78 is 37.6. The lowest BCUT2D eigenvalue weighted by atomic mass is 10.2. The molecule has 1 saturated heterocycles. The average Bonchev–Trinajstić information content (AvgIpc) is 2.75. The van der Waals surface area contributed by atoms with Gasteiger partial charge in [0.05, 0.1) is 18.1 Å². The van der Waals surface area contributed by atoms with Crippen LogP contribution in [-0.2, 0) is 26.0 Å². The number of hydrogen-bond acceptors (Lipinski definition) is 5. The molecule has 1 aliphatic heterocycles. The third kappa shape index (κ3) is 5.35. The maximum absolute atomic E-state index is 12.6. The lowest BCUT2D eigenvalue weighted by molar-refractivity contribution is -0.122. The van der Waals surface area contributed by atoms with E-state index in [0.29, 0.717) is 37.7 Å². The van der Waals surface area contributed by atoms with E-state index in [9.17, 15) is 13.2 Å². The van der Waals surface area contributed by atoms with Crippen LogP contribution in [0.4, 0.5) is 5.69 Å². The molecular weight excluding hydrogens is 392 g/mol. The lowest BCUT2D eigenvalue weighted by Gasteiger charge is -2.26. The topological polar surface area (TPSA) is 84.9 Å². The molecule has 0 radical (unpaired) electrons. The maximum Gasteiger partial charge on any atom is 0.265 e. The number of sulfonamides is 1. The van der Waals surface area contributed by atoms with Crippen molar-refractivity contribution in [2.45, 2.75) is 31.3 Å². The predicted octanol–water partition coefficient (Wildman–Crippen LogP) is 2.68. The minimum Gasteiger partial charge on any atom is -0.481 e. The van der Waals surface area contributed by atoms with Gasteiger partial charge in [0.1, 0.15) is 5.75 Å². The van der Waals surface area contributed by atoms with E-state index in [2.05, 4.69) is 12.2 Å². The van der Waals surface area contributed by atoms with Crippen molar-refractivity contribution in [1.82, 2.24) is 4.31 Å². The predicted molar refractivity (Wildman–Crippen MR) is 111 cm³/mol. The van der Waals surface area contributed by atoms with Gasteiger partial charge < -0.3 is 14.8 Å². The third-order valence-corrected chi connectivity index (χ3v) is 6.66. The Morgan fingerprint density at radius 2 is 1.72 bits per heavy atom. The highest BCUT2D eigenvalue weighted by atomic mass is 32.2. The van der Waals surface area contributed by atoms with Crippen molar-refractivity contribution >= 4 is 21.6 Å². The van der Waals surface area contributed by atoms with Crippen LogP contribution in [0.2, 0.25) is 0 Å². The van der Waals surface area contributed by atoms with E-state index in [4.69, 9.17) is 9.47 Å². The van der Waals surface area contributed by atoms with Gasteiger partial charge >= 0.3 is 0 Å². The van der Waals surface area contributed by atoms with Crippen LogP contribution in [0.3, 0.4) is 0 Å². The van der Waals surface area contributed by atoms with Crippen LogP contribution in [0.5, 0.6) is 5.75 Å². The summed E-state index contributed by atoms with van der Waals surface area (Å²) in [7, 11) is -3.55. The number of benzene rings is 2. The summed E-state index contributed by atoms with van der Waals surface area (Å²) in [5, 5.41) is 2.75. The van der Waals surface area contributed by atoms with Gasteiger partial charge in [-0.1, -0.05) is 19.1 Å². The van der Waals surface area contributed by atoms with Crippen molar-refractivity contribution in [3.63, 3.8) is 0 Å². The van der Waals surface area contributed by atoms with Crippen LogP contribution in [0.25, 0.3) is 0 Å². The minimum atomic E-state index is -3.55. The number of aryl methyl sites for hydroxylation is 1. The maximum atomic E-state index is 12.6. The van der Waals surface area contributed by atoms with Crippen molar-refractivity contribution in [1.29, 1.82) is 0 Å². The first-order valence-corrected chi connectivity index (χ1v) is 11.1. The number of nitrogens with zero attached hydrogens (tertiary/aromatic N) is 1. The average molecular weight is 419 g/mol. The number of ether oxygens (including phenoxy) is 2. The molecule has 0 aliphatic carbocycles. The SMILES string of the molecule is CCc1ccc(OC(C)C(=O)Nc2ccc(S(=O)(=O)N3CCOCC3)cc2)cc1. The van der Waals surface area contributed by atoms with Crippen molar-refractivity contribution in [2.75, 3.05) is 31.6 Å². The fourth-order valence-electron chi connectivity index (χ4n) is 2.95. The number of carbonyl (C=O) groups excluding carboxylic acids is 1. The van der Waals surface area contributed by atoms with Crippen LogP contribution < -0.4 is 10.1 Å². The van der Waals surface area contributed by atoms with E-state index in [-0.39, 0.29) is 10.8 Å². The summed E-state index contributed by atoms with van der Waals surface area (Å²) in [5.74, 6) is 0.310. The Labute approximate surface area is 171 Å². The van der Waals surface area contributed by atoms with Gasteiger partial charge in [0.2, 0.25) is 10.0 Å². The summed E-state index contributed by atoms with van der Waals surface area (Å²) in [5.41, 5.74) is 1.70. The van der Waals surface area contributed by atoms with Crippen molar-refractivity contribution < 1.29 is 22.7 Å². The molecule has 0 bridgehead atoms. The first-order valence-electron chi connectivity index (χ1n) is 9.64. The molecule has 0 spiro atoms. The highest BCUT2D eigenvalue weighted by Gasteiger charge is 2.26. The molecule has 1 heterocycles. The first-order chi connectivity index (χ1) is 13.9. The number of morpholine rings is 1. The minimum absolute atomic E-state index is 0.192. The molecule has 0 saturated carbocycles. The van der Waals surface area contributed by atoms with Gasteiger partial charge in [-0.2, -0.15) is 4.31 Å². The van der Waals surface area contributed by atoms with Gasteiger partial charge in [-0.05, 0) is 55.3 Å². The monoisotopic (exact) mass is 418 g/mol. The second-order valence-corrected chi connectivity index (χ2v) is 8.73. The highest BCUT2D eigenvalue weighted by molar-refractivity contribution is 7.89. The van der Waals surface area contributed by atoms with Gasteiger partial charge in [0.25, 0.3) is 5.91 Å². The van der Waals surface area contributed by atoms with Crippen LogP contribution in [0.15, 0.2) is 53.4 Å². The van der Waals surface area contributed by atoms with Crippen LogP contribution in [0.1, 0.15) is 19.4 Å². The van der Waals surface area contributed by atoms with E-state index >= 15 is 0 Å². The molecule has 2 aromatic carbocycles. The number of hydrogen-bond donors (Lipinski definition) is 1. The molecule has 0 aromatic heterocycles. The van der Waals surface area contributed by atoms with Crippen LogP contribution in [-0.4, -0.2) is 51.0 Å². The molecule has 1 amide bonds. The molecule has 1 N–H and O–H groups in total. The number of amides is 1. The largest absolute Gasteiger partial charge is 0.481 e. The molecule has 1 unspecified atom stereocenters. The number of carbonyl (C=O) groups is 1. The summed E-state index contributed by atoms with van der Waals surface area (Å²) in [6, 6.07) is 13.8. The zero-order valence-corrected chi connectivity index (χ0v) is 17.4. The summed E-state index contributed by atoms with van der Waals surface area (Å²) in [6.07, 6.45) is 0.243. The van der Waals surface area contributed by atoms with Gasteiger partial charge in [-0.15, -0.1) is 0 Å². The molecule has 7 nitrogen and oxygen atoms in total. The quantitative estimate of drug-likeness (QED) is 0.747. The van der Waals surface area contributed by atoms with Crippen molar-refractivity contribution in [3.8, 4) is 5.75 Å². The zero-order valence-electron chi connectivity index (χ0n) is 16.6. The van der Waals surface area contributed by atoms with E-state index in [1.807, 2.05) is 24.3 Å². The Hall–Kier alpha value is -2.42. The fourth-order valence-corrected chi connectivity index (χ4v) is 4.36. The smallest absolute Gasteiger partial charge is 0.265 e. The molecule has 8 heteroatoms. The van der Waals surface area contributed by atoms with E-state index in [1.54, 1.807) is 19.1 Å². The zero-order chi connectivity index (χ0) is 20.9. The molecular formula is C21H26N2O5S. The van der Waals surface area contributed by atoms with Crippen LogP contribution in [0, 0.1) is 0 Å². The normalized spacial score (nSPS) is 16.2. The molecule has 29 heavy (non-hydrogen) atoms. The molecule has 1 aliphatic rings. The Morgan fingerprint density at radius 3 is 2.31 bits per heavy atom. The van der Waals surface area contributed by atoms with Gasteiger partial charge in [-0.25, -0.2) is 8.42 Å². The molecule has 156 valence electrons. The second-order valence-electron chi connectivity index (χ2n) is 6.79. The number of nitrogens with one attached hydrogen (secondary N) is 1. The van der Waals surface area contributed by atoms with Crippen LogP contribution >= 0.6 is 0 Å². The lowest BCUT2D eigenvalue weighted by Crippen LogP contribution is -2.40. The van der Waals surface area contributed by atoms with Gasteiger partial charge in [0, 0.05) is 18.8 Å². The van der Waals surface area contributed by atoms with E-state index < -0.39 is 16.1 Å². The Balaban J connectivity index is 1.60. The first kappa shape index (κ1) is 21.3. The summed E-state index contributed by atoms with van der Waals surface area (Å²) >= 11 is 0.